The predicted octanol–water partition coefficient (Wildman–Crippen LogP) is 4.63. The monoisotopic (exact) mass is 331 g/mol. The molecule has 2 aromatic carbocycles. The third kappa shape index (κ3) is 3.94. The summed E-state index contributed by atoms with van der Waals surface area (Å²) in [6, 6.07) is 15.9. The summed E-state index contributed by atoms with van der Waals surface area (Å²) in [4.78, 5) is 12.3. The first kappa shape index (κ1) is 14.8. The maximum Gasteiger partial charge on any atom is 0.228 e. The fourth-order valence-electron chi connectivity index (χ4n) is 2.04. The molecule has 104 valence electrons. The summed E-state index contributed by atoms with van der Waals surface area (Å²) < 4.78 is 0. The third-order valence-corrected chi connectivity index (χ3v) is 3.64. The lowest BCUT2D eigenvalue weighted by molar-refractivity contribution is -0.115. The van der Waals surface area contributed by atoms with Crippen molar-refractivity contribution in [3.63, 3.8) is 0 Å². The third-order valence-electron chi connectivity index (χ3n) is 3.15. The van der Waals surface area contributed by atoms with Gasteiger partial charge in [0.1, 0.15) is 0 Å². The minimum atomic E-state index is 0.00875. The minimum Gasteiger partial charge on any atom is -0.326 e. The van der Waals surface area contributed by atoms with Crippen LogP contribution >= 0.6 is 15.9 Å². The van der Waals surface area contributed by atoms with Crippen LogP contribution in [0.5, 0.6) is 0 Å². The zero-order chi connectivity index (χ0) is 14.5. The fourth-order valence-corrected chi connectivity index (χ4v) is 2.44. The fraction of sp³-hybridized carbons (Fsp3) is 0.235. The largest absolute Gasteiger partial charge is 0.326 e. The summed E-state index contributed by atoms with van der Waals surface area (Å²) in [5.41, 5.74) is 4.18. The van der Waals surface area contributed by atoms with Crippen LogP contribution in [-0.4, -0.2) is 5.91 Å². The van der Waals surface area contributed by atoms with Crippen molar-refractivity contribution < 1.29 is 4.79 Å². The average Bonchev–Trinajstić information content (AvgIpc) is 2.41. The second-order valence-electron chi connectivity index (χ2n) is 4.91. The van der Waals surface area contributed by atoms with E-state index in [1.165, 1.54) is 5.56 Å². The van der Waals surface area contributed by atoms with Crippen LogP contribution in [0.15, 0.2) is 48.5 Å². The van der Waals surface area contributed by atoms with Crippen molar-refractivity contribution in [1.82, 2.24) is 0 Å². The summed E-state index contributed by atoms with van der Waals surface area (Å²) in [6.07, 6.45) is 0.394. The zero-order valence-corrected chi connectivity index (χ0v) is 13.3. The molecule has 1 N–H and O–H groups in total. The molecule has 1 unspecified atom stereocenters. The summed E-state index contributed by atoms with van der Waals surface area (Å²) in [7, 11) is 0. The minimum absolute atomic E-state index is 0.00875. The van der Waals surface area contributed by atoms with Gasteiger partial charge in [0.05, 0.1) is 6.42 Å². The van der Waals surface area contributed by atoms with E-state index >= 15 is 0 Å². The van der Waals surface area contributed by atoms with Crippen molar-refractivity contribution in [2.75, 3.05) is 5.32 Å². The number of halogens is 1. The highest BCUT2D eigenvalue weighted by atomic mass is 79.9. The van der Waals surface area contributed by atoms with Crippen LogP contribution < -0.4 is 5.32 Å². The van der Waals surface area contributed by atoms with Gasteiger partial charge < -0.3 is 5.32 Å². The van der Waals surface area contributed by atoms with Gasteiger partial charge in [0.15, 0.2) is 0 Å². The van der Waals surface area contributed by atoms with Crippen LogP contribution in [0.2, 0.25) is 0 Å². The number of rotatable bonds is 4. The molecule has 0 spiro atoms. The molecule has 0 saturated heterocycles. The quantitative estimate of drug-likeness (QED) is 0.813. The lowest BCUT2D eigenvalue weighted by Gasteiger charge is -2.12. The van der Waals surface area contributed by atoms with Gasteiger partial charge in [0.25, 0.3) is 0 Å². The van der Waals surface area contributed by atoms with E-state index in [1.54, 1.807) is 0 Å². The molecule has 0 bridgehead atoms. The predicted molar refractivity (Wildman–Crippen MR) is 87.3 cm³/mol. The van der Waals surface area contributed by atoms with Crippen molar-refractivity contribution in [1.29, 1.82) is 0 Å². The summed E-state index contributed by atoms with van der Waals surface area (Å²) >= 11 is 3.55. The number of benzene rings is 2. The van der Waals surface area contributed by atoms with Crippen molar-refractivity contribution in [2.45, 2.75) is 25.1 Å². The second-order valence-corrected chi connectivity index (χ2v) is 6.29. The zero-order valence-electron chi connectivity index (χ0n) is 11.7. The van der Waals surface area contributed by atoms with E-state index in [0.717, 1.165) is 16.8 Å². The molecular formula is C17H18BrNO. The Labute approximate surface area is 128 Å². The first-order chi connectivity index (χ1) is 9.56. The molecule has 2 aromatic rings. The summed E-state index contributed by atoms with van der Waals surface area (Å²) in [5.74, 6) is 0.00875. The molecule has 1 amide bonds. The standard InChI is InChI=1S/C17H18BrNO/c1-12-7-9-14(10-8-12)11-17(20)19-16-6-4-3-5-15(16)13(2)18/h3-10,13H,11H2,1-2H3,(H,19,20). The number of hydrogen-bond acceptors (Lipinski definition) is 1. The van der Waals surface area contributed by atoms with E-state index in [1.807, 2.05) is 62.4 Å². The lowest BCUT2D eigenvalue weighted by atomic mass is 10.1. The van der Waals surface area contributed by atoms with Crippen LogP contribution in [0.3, 0.4) is 0 Å². The maximum absolute atomic E-state index is 12.1. The normalized spacial score (nSPS) is 11.9. The second kappa shape index (κ2) is 6.71. The Morgan fingerprint density at radius 3 is 2.45 bits per heavy atom. The molecule has 2 rings (SSSR count). The molecule has 0 aliphatic heterocycles. The first-order valence-electron chi connectivity index (χ1n) is 6.64. The van der Waals surface area contributed by atoms with Gasteiger partial charge in [-0.3, -0.25) is 4.79 Å². The Morgan fingerprint density at radius 1 is 1.15 bits per heavy atom. The molecule has 1 atom stereocenters. The van der Waals surface area contributed by atoms with Gasteiger partial charge >= 0.3 is 0 Å². The Morgan fingerprint density at radius 2 is 1.80 bits per heavy atom. The number of aryl methyl sites for hydroxylation is 1. The van der Waals surface area contributed by atoms with E-state index in [0.29, 0.717) is 6.42 Å². The van der Waals surface area contributed by atoms with E-state index in [9.17, 15) is 4.79 Å². The van der Waals surface area contributed by atoms with Crippen molar-refractivity contribution in [3.05, 3.63) is 65.2 Å². The number of nitrogens with one attached hydrogen (secondary N) is 1. The van der Waals surface area contributed by atoms with Gasteiger partial charge in [-0.05, 0) is 31.0 Å². The molecule has 0 aliphatic carbocycles. The number of anilines is 1. The number of hydrogen-bond donors (Lipinski definition) is 1. The molecule has 3 heteroatoms. The lowest BCUT2D eigenvalue weighted by Crippen LogP contribution is -2.15. The molecule has 20 heavy (non-hydrogen) atoms. The van der Waals surface area contributed by atoms with Crippen molar-refractivity contribution in [2.24, 2.45) is 0 Å². The number of amides is 1. The van der Waals surface area contributed by atoms with Gasteiger partial charge in [-0.2, -0.15) is 0 Å². The van der Waals surface area contributed by atoms with Gasteiger partial charge in [-0.25, -0.2) is 0 Å². The molecule has 0 fully saturated rings. The molecule has 0 aromatic heterocycles. The van der Waals surface area contributed by atoms with E-state index in [-0.39, 0.29) is 10.7 Å². The highest BCUT2D eigenvalue weighted by Crippen LogP contribution is 2.28. The van der Waals surface area contributed by atoms with Gasteiger partial charge in [0, 0.05) is 10.5 Å². The summed E-state index contributed by atoms with van der Waals surface area (Å²) in [5, 5.41) is 2.99. The highest BCUT2D eigenvalue weighted by Gasteiger charge is 2.10. The topological polar surface area (TPSA) is 29.1 Å². The SMILES string of the molecule is Cc1ccc(CC(=O)Nc2ccccc2C(C)Br)cc1. The smallest absolute Gasteiger partial charge is 0.228 e. The number of alkyl halides is 1. The van der Waals surface area contributed by atoms with Gasteiger partial charge in [-0.1, -0.05) is 64.0 Å². The van der Waals surface area contributed by atoms with Gasteiger partial charge in [-0.15, -0.1) is 0 Å². The highest BCUT2D eigenvalue weighted by molar-refractivity contribution is 9.09. The number of carbonyl (C=O) groups is 1. The molecule has 0 radical (unpaired) electrons. The van der Waals surface area contributed by atoms with Crippen LogP contribution in [0.1, 0.15) is 28.4 Å². The first-order valence-corrected chi connectivity index (χ1v) is 7.56. The molecule has 0 saturated carbocycles. The van der Waals surface area contributed by atoms with Crippen LogP contribution in [-0.2, 0) is 11.2 Å². The van der Waals surface area contributed by atoms with E-state index in [4.69, 9.17) is 0 Å². The Balaban J connectivity index is 2.07. The average molecular weight is 332 g/mol. The maximum atomic E-state index is 12.1. The van der Waals surface area contributed by atoms with Crippen LogP contribution in [0.4, 0.5) is 5.69 Å². The molecule has 0 aliphatic rings. The van der Waals surface area contributed by atoms with Crippen LogP contribution in [0, 0.1) is 6.92 Å². The number of para-hydroxylation sites is 1. The van der Waals surface area contributed by atoms with Crippen molar-refractivity contribution >= 4 is 27.5 Å². The summed E-state index contributed by atoms with van der Waals surface area (Å²) in [6.45, 7) is 4.09. The van der Waals surface area contributed by atoms with E-state index < -0.39 is 0 Å². The Bertz CT molecular complexity index is 590. The molecular weight excluding hydrogens is 314 g/mol. The Hall–Kier alpha value is -1.61. The van der Waals surface area contributed by atoms with Crippen LogP contribution in [0.25, 0.3) is 0 Å². The molecule has 2 nitrogen and oxygen atoms in total. The van der Waals surface area contributed by atoms with Gasteiger partial charge in [0.2, 0.25) is 5.91 Å². The molecule has 0 heterocycles. The number of carbonyl (C=O) groups excluding carboxylic acids is 1. The van der Waals surface area contributed by atoms with E-state index in [2.05, 4.69) is 21.2 Å². The Kier molecular flexibility index (Phi) is 4.96. The van der Waals surface area contributed by atoms with Crippen molar-refractivity contribution in [3.8, 4) is 0 Å².